The van der Waals surface area contributed by atoms with E-state index in [1.165, 1.54) is 31.7 Å². The van der Waals surface area contributed by atoms with Crippen molar-refractivity contribution in [2.75, 3.05) is 0 Å². The lowest BCUT2D eigenvalue weighted by Gasteiger charge is -2.20. The van der Waals surface area contributed by atoms with Crippen LogP contribution in [0.15, 0.2) is 29.1 Å². The highest BCUT2D eigenvalue weighted by atomic mass is 16.5. The first-order chi connectivity index (χ1) is 11.6. The number of carbonyl (C=O) groups is 1. The highest BCUT2D eigenvalue weighted by molar-refractivity contribution is 5.69. The van der Waals surface area contributed by atoms with Gasteiger partial charge in [0.1, 0.15) is 12.3 Å². The van der Waals surface area contributed by atoms with Crippen LogP contribution in [0.25, 0.3) is 5.65 Å². The minimum absolute atomic E-state index is 0.0688. The van der Waals surface area contributed by atoms with Gasteiger partial charge in [-0.15, -0.1) is 0 Å². The summed E-state index contributed by atoms with van der Waals surface area (Å²) in [5.74, 6) is 1.88. The van der Waals surface area contributed by atoms with E-state index in [0.717, 1.165) is 11.6 Å². The highest BCUT2D eigenvalue weighted by Crippen LogP contribution is 2.49. The number of aromatic nitrogens is 2. The van der Waals surface area contributed by atoms with Crippen LogP contribution in [0, 0.1) is 24.7 Å². The van der Waals surface area contributed by atoms with Crippen molar-refractivity contribution in [1.29, 1.82) is 0 Å². The first kappa shape index (κ1) is 15.4. The second-order valence-corrected chi connectivity index (χ2v) is 7.25. The highest BCUT2D eigenvalue weighted by Gasteiger charge is 2.40. The predicted octanol–water partition coefficient (Wildman–Crippen LogP) is 2.87. The number of pyridine rings is 1. The van der Waals surface area contributed by atoms with Crippen molar-refractivity contribution in [3.63, 3.8) is 0 Å². The van der Waals surface area contributed by atoms with Gasteiger partial charge in [0.05, 0.1) is 5.69 Å². The largest absolute Gasteiger partial charge is 0.459 e. The molecule has 2 heterocycles. The minimum Gasteiger partial charge on any atom is -0.459 e. The van der Waals surface area contributed by atoms with E-state index < -0.39 is 0 Å². The van der Waals surface area contributed by atoms with Crippen molar-refractivity contribution in [2.45, 2.75) is 45.6 Å². The Labute approximate surface area is 140 Å². The summed E-state index contributed by atoms with van der Waals surface area (Å²) in [6, 6.07) is 6.97. The van der Waals surface area contributed by atoms with Crippen molar-refractivity contribution < 1.29 is 9.53 Å². The summed E-state index contributed by atoms with van der Waals surface area (Å²) >= 11 is 0. The van der Waals surface area contributed by atoms with Gasteiger partial charge in [0, 0.05) is 18.2 Å². The quantitative estimate of drug-likeness (QED) is 0.811. The third-order valence-corrected chi connectivity index (χ3v) is 5.63. The fourth-order valence-electron chi connectivity index (χ4n) is 4.49. The topological polar surface area (TPSA) is 60.7 Å². The molecule has 0 amide bonds. The summed E-state index contributed by atoms with van der Waals surface area (Å²) in [7, 11) is 0. The van der Waals surface area contributed by atoms with Gasteiger partial charge in [-0.25, -0.2) is 4.98 Å². The lowest BCUT2D eigenvalue weighted by molar-refractivity contribution is -0.146. The Morgan fingerprint density at radius 3 is 2.96 bits per heavy atom. The molecule has 2 aromatic rings. The van der Waals surface area contributed by atoms with Crippen LogP contribution in [-0.2, 0) is 16.1 Å². The fraction of sp³-hybridized carbons (Fsp3) is 0.526. The number of aryl methyl sites for hydroxylation is 1. The average molecular weight is 326 g/mol. The molecule has 0 radical (unpaired) electrons. The molecule has 0 aliphatic heterocycles. The molecule has 3 atom stereocenters. The van der Waals surface area contributed by atoms with E-state index in [4.69, 9.17) is 4.74 Å². The molecular formula is C19H22N2O3. The van der Waals surface area contributed by atoms with E-state index >= 15 is 0 Å². The predicted molar refractivity (Wildman–Crippen MR) is 89.6 cm³/mol. The van der Waals surface area contributed by atoms with Crippen LogP contribution >= 0.6 is 0 Å². The minimum atomic E-state index is -0.168. The maximum absolute atomic E-state index is 12.2. The Hall–Kier alpha value is -2.17. The van der Waals surface area contributed by atoms with Gasteiger partial charge in [-0.1, -0.05) is 12.5 Å². The molecule has 24 heavy (non-hydrogen) atoms. The molecule has 0 aromatic carbocycles. The first-order valence-electron chi connectivity index (χ1n) is 8.74. The molecule has 0 spiro atoms. The molecule has 126 valence electrons. The van der Waals surface area contributed by atoms with E-state index in [9.17, 15) is 9.59 Å². The van der Waals surface area contributed by atoms with Gasteiger partial charge < -0.3 is 4.74 Å². The van der Waals surface area contributed by atoms with Gasteiger partial charge in [-0.05, 0) is 56.1 Å². The Balaban J connectivity index is 1.41. The molecule has 0 unspecified atom stereocenters. The number of hydrogen-bond donors (Lipinski definition) is 0. The second kappa shape index (κ2) is 6.04. The van der Waals surface area contributed by atoms with Gasteiger partial charge in [-0.2, -0.15) is 0 Å². The van der Waals surface area contributed by atoms with Crippen LogP contribution in [0.5, 0.6) is 0 Å². The molecule has 0 saturated heterocycles. The maximum Gasteiger partial charge on any atom is 0.306 e. The number of fused-ring (bicyclic) bond motifs is 3. The average Bonchev–Trinajstić information content (AvgIpc) is 3.15. The van der Waals surface area contributed by atoms with E-state index in [-0.39, 0.29) is 18.1 Å². The zero-order chi connectivity index (χ0) is 16.7. The standard InChI is InChI=1S/C19H22N2O3/c1-12-3-2-4-17-20-16(10-18(22)21(12)17)11-24-19(23)9-15-8-13-5-6-14(15)7-13/h2-4,10,13-15H,5-9,11H2,1H3/t13-,14-,15+/m1/s1. The molecule has 2 aliphatic rings. The van der Waals surface area contributed by atoms with E-state index in [1.807, 2.05) is 19.1 Å². The van der Waals surface area contributed by atoms with Crippen molar-refractivity contribution >= 4 is 11.6 Å². The fourth-order valence-corrected chi connectivity index (χ4v) is 4.49. The summed E-state index contributed by atoms with van der Waals surface area (Å²) in [4.78, 5) is 28.8. The van der Waals surface area contributed by atoms with Crippen molar-refractivity contribution in [2.24, 2.45) is 17.8 Å². The SMILES string of the molecule is Cc1cccc2nc(COC(=O)C[C@@H]3C[C@@H]4CC[C@@H]3C4)cc(=O)n12. The smallest absolute Gasteiger partial charge is 0.306 e. The Kier molecular flexibility index (Phi) is 3.87. The molecule has 5 nitrogen and oxygen atoms in total. The van der Waals surface area contributed by atoms with Crippen LogP contribution in [0.2, 0.25) is 0 Å². The van der Waals surface area contributed by atoms with E-state index in [2.05, 4.69) is 4.98 Å². The number of ether oxygens (including phenoxy) is 1. The monoisotopic (exact) mass is 326 g/mol. The number of carbonyl (C=O) groups excluding carboxylic acids is 1. The summed E-state index contributed by atoms with van der Waals surface area (Å²) in [5, 5.41) is 0. The van der Waals surface area contributed by atoms with Gasteiger partial charge >= 0.3 is 5.97 Å². The van der Waals surface area contributed by atoms with E-state index in [0.29, 0.717) is 29.6 Å². The normalized spacial score (nSPS) is 25.3. The zero-order valence-corrected chi connectivity index (χ0v) is 13.9. The molecule has 2 aromatic heterocycles. The van der Waals surface area contributed by atoms with Gasteiger partial charge in [0.25, 0.3) is 5.56 Å². The Bertz CT molecular complexity index is 842. The van der Waals surface area contributed by atoms with Crippen LogP contribution in [0.3, 0.4) is 0 Å². The van der Waals surface area contributed by atoms with Crippen LogP contribution in [-0.4, -0.2) is 15.4 Å². The van der Waals surface area contributed by atoms with Crippen molar-refractivity contribution in [1.82, 2.24) is 9.38 Å². The van der Waals surface area contributed by atoms with Crippen LogP contribution in [0.4, 0.5) is 0 Å². The van der Waals surface area contributed by atoms with Gasteiger partial charge in [0.2, 0.25) is 0 Å². The molecular weight excluding hydrogens is 304 g/mol. The molecule has 5 heteroatoms. The Morgan fingerprint density at radius 2 is 2.21 bits per heavy atom. The molecule has 2 bridgehead atoms. The number of nitrogens with zero attached hydrogens (tertiary/aromatic N) is 2. The van der Waals surface area contributed by atoms with Crippen molar-refractivity contribution in [3.8, 4) is 0 Å². The first-order valence-corrected chi connectivity index (χ1v) is 8.74. The summed E-state index contributed by atoms with van der Waals surface area (Å²) in [6.45, 7) is 1.93. The molecule has 0 N–H and O–H groups in total. The summed E-state index contributed by atoms with van der Waals surface area (Å²) < 4.78 is 6.94. The summed E-state index contributed by atoms with van der Waals surface area (Å²) in [5.41, 5.74) is 1.79. The molecule has 2 saturated carbocycles. The van der Waals surface area contributed by atoms with Gasteiger partial charge in [-0.3, -0.25) is 14.0 Å². The van der Waals surface area contributed by atoms with Crippen LogP contribution < -0.4 is 5.56 Å². The lowest BCUT2D eigenvalue weighted by Crippen LogP contribution is -2.19. The third kappa shape index (κ3) is 2.83. The molecule has 2 fully saturated rings. The number of hydrogen-bond acceptors (Lipinski definition) is 4. The van der Waals surface area contributed by atoms with E-state index in [1.54, 1.807) is 10.5 Å². The molecule has 2 aliphatic carbocycles. The number of esters is 1. The number of rotatable bonds is 4. The third-order valence-electron chi connectivity index (χ3n) is 5.63. The summed E-state index contributed by atoms with van der Waals surface area (Å²) in [6.07, 6.45) is 5.58. The second-order valence-electron chi connectivity index (χ2n) is 7.25. The van der Waals surface area contributed by atoms with Crippen LogP contribution in [0.1, 0.15) is 43.5 Å². The zero-order valence-electron chi connectivity index (χ0n) is 13.9. The van der Waals surface area contributed by atoms with Gasteiger partial charge in [0.15, 0.2) is 0 Å². The lowest BCUT2D eigenvalue weighted by atomic mass is 9.86. The molecule has 4 rings (SSSR count). The maximum atomic E-state index is 12.2. The Morgan fingerprint density at radius 1 is 1.33 bits per heavy atom. The van der Waals surface area contributed by atoms with Crippen molar-refractivity contribution in [3.05, 3.63) is 46.0 Å².